The van der Waals surface area contributed by atoms with Crippen molar-refractivity contribution in [2.75, 3.05) is 19.0 Å². The topological polar surface area (TPSA) is 111 Å². The van der Waals surface area contributed by atoms with Crippen molar-refractivity contribution < 1.29 is 4.74 Å². The number of rotatable bonds is 6. The highest BCUT2D eigenvalue weighted by atomic mass is 35.5. The van der Waals surface area contributed by atoms with E-state index in [1.54, 1.807) is 19.2 Å². The maximum absolute atomic E-state index is 11.9. The van der Waals surface area contributed by atoms with Crippen LogP contribution in [0.4, 0.5) is 11.4 Å². The summed E-state index contributed by atoms with van der Waals surface area (Å²) in [4.78, 5) is 37.3. The minimum absolute atomic E-state index is 0.0329. The quantitative estimate of drug-likeness (QED) is 0.571. The van der Waals surface area contributed by atoms with Crippen LogP contribution in [-0.2, 0) is 26.7 Å². The number of halogens is 1. The SMILES string of the molecule is COc1c(Nc2ccc(Cl)c3c2CN(CCn2nnn(C)c2=O)C3)c(=O)c1=O. The highest BCUT2D eigenvalue weighted by Gasteiger charge is 2.27. The van der Waals surface area contributed by atoms with Gasteiger partial charge in [-0.15, -0.1) is 0 Å². The molecule has 146 valence electrons. The molecular formula is C17H17ClN6O4. The number of hydrogen-bond donors (Lipinski definition) is 1. The number of fused-ring (bicyclic) bond motifs is 1. The van der Waals surface area contributed by atoms with Gasteiger partial charge >= 0.3 is 5.69 Å². The van der Waals surface area contributed by atoms with Gasteiger partial charge in [0.1, 0.15) is 5.69 Å². The Hall–Kier alpha value is -2.98. The third-order valence-electron chi connectivity index (χ3n) is 4.88. The second-order valence-corrected chi connectivity index (χ2v) is 6.97. The second kappa shape index (κ2) is 6.88. The number of nitrogens with zero attached hydrogens (tertiary/aromatic N) is 5. The van der Waals surface area contributed by atoms with Crippen LogP contribution in [0.15, 0.2) is 26.5 Å². The predicted octanol–water partition coefficient (Wildman–Crippen LogP) is -0.00580. The largest absolute Gasteiger partial charge is 0.491 e. The number of anilines is 2. The van der Waals surface area contributed by atoms with Gasteiger partial charge in [-0.05, 0) is 33.7 Å². The molecule has 11 heteroatoms. The lowest BCUT2D eigenvalue weighted by molar-refractivity contribution is 0.264. The van der Waals surface area contributed by atoms with Crippen molar-refractivity contribution in [3.05, 3.63) is 59.2 Å². The van der Waals surface area contributed by atoms with Gasteiger partial charge in [-0.1, -0.05) is 11.6 Å². The second-order valence-electron chi connectivity index (χ2n) is 6.56. The molecule has 3 aromatic rings. The van der Waals surface area contributed by atoms with Crippen molar-refractivity contribution in [1.29, 1.82) is 0 Å². The maximum Gasteiger partial charge on any atom is 0.363 e. The molecule has 28 heavy (non-hydrogen) atoms. The highest BCUT2D eigenvalue weighted by Crippen LogP contribution is 2.36. The van der Waals surface area contributed by atoms with Gasteiger partial charge in [-0.2, -0.15) is 9.36 Å². The number of ether oxygens (including phenoxy) is 1. The van der Waals surface area contributed by atoms with E-state index in [9.17, 15) is 14.4 Å². The lowest BCUT2D eigenvalue weighted by Crippen LogP contribution is -2.34. The molecule has 10 nitrogen and oxygen atoms in total. The number of benzene rings is 1. The number of methoxy groups -OCH3 is 1. The van der Waals surface area contributed by atoms with E-state index < -0.39 is 10.9 Å². The van der Waals surface area contributed by atoms with Gasteiger partial charge in [0.15, 0.2) is 5.75 Å². The van der Waals surface area contributed by atoms with E-state index in [2.05, 4.69) is 20.6 Å². The Labute approximate surface area is 163 Å². The smallest absolute Gasteiger partial charge is 0.363 e. The van der Waals surface area contributed by atoms with Gasteiger partial charge in [0, 0.05) is 37.4 Å². The molecule has 1 aromatic heterocycles. The molecule has 0 atom stereocenters. The summed E-state index contributed by atoms with van der Waals surface area (Å²) >= 11 is 6.35. The van der Waals surface area contributed by atoms with Gasteiger partial charge < -0.3 is 10.1 Å². The fourth-order valence-electron chi connectivity index (χ4n) is 3.34. The zero-order valence-electron chi connectivity index (χ0n) is 15.2. The minimum atomic E-state index is -0.633. The minimum Gasteiger partial charge on any atom is -0.491 e. The first-order valence-electron chi connectivity index (χ1n) is 8.54. The van der Waals surface area contributed by atoms with Crippen LogP contribution in [0.5, 0.6) is 5.75 Å². The zero-order chi connectivity index (χ0) is 20.0. The first-order valence-corrected chi connectivity index (χ1v) is 8.92. The first kappa shape index (κ1) is 18.4. The van der Waals surface area contributed by atoms with Crippen LogP contribution in [0.1, 0.15) is 11.1 Å². The van der Waals surface area contributed by atoms with Crippen LogP contribution in [0.25, 0.3) is 0 Å². The predicted molar refractivity (Wildman–Crippen MR) is 102 cm³/mol. The molecule has 0 spiro atoms. The number of aromatic nitrogens is 4. The van der Waals surface area contributed by atoms with Crippen LogP contribution in [0.3, 0.4) is 0 Å². The molecule has 0 saturated carbocycles. The van der Waals surface area contributed by atoms with E-state index in [-0.39, 0.29) is 17.1 Å². The third-order valence-corrected chi connectivity index (χ3v) is 5.23. The average Bonchev–Trinajstić information content (AvgIpc) is 3.26. The summed E-state index contributed by atoms with van der Waals surface area (Å²) in [6.45, 7) is 2.15. The summed E-state index contributed by atoms with van der Waals surface area (Å²) in [5, 5.41) is 11.1. The van der Waals surface area contributed by atoms with Crippen molar-refractivity contribution >= 4 is 23.0 Å². The Bertz CT molecular complexity index is 1190. The Morgan fingerprint density at radius 1 is 1.11 bits per heavy atom. The average molecular weight is 405 g/mol. The van der Waals surface area contributed by atoms with E-state index in [0.717, 1.165) is 11.1 Å². The number of nitrogens with one attached hydrogen (secondary N) is 1. The summed E-state index contributed by atoms with van der Waals surface area (Å²) in [5.74, 6) is 0.0329. The van der Waals surface area contributed by atoms with Crippen LogP contribution in [0, 0.1) is 0 Å². The molecule has 2 heterocycles. The monoisotopic (exact) mass is 404 g/mol. The molecular weight excluding hydrogens is 388 g/mol. The molecule has 0 bridgehead atoms. The Balaban J connectivity index is 1.54. The van der Waals surface area contributed by atoms with Gasteiger partial charge in [0.05, 0.1) is 13.7 Å². The standard InChI is InChI=1S/C17H17ClN6O4/c1-22-17(27)24(21-20-22)6-5-23-7-9-10(8-23)12(4-3-11(9)18)19-13-14(25)15(26)16(13)28-2/h3-4,19H,5-8H2,1-2H3. The maximum atomic E-state index is 11.9. The Morgan fingerprint density at radius 2 is 1.86 bits per heavy atom. The lowest BCUT2D eigenvalue weighted by Gasteiger charge is -2.16. The van der Waals surface area contributed by atoms with E-state index in [0.29, 0.717) is 36.9 Å². The summed E-state index contributed by atoms with van der Waals surface area (Å²) in [7, 11) is 2.90. The van der Waals surface area contributed by atoms with Crippen molar-refractivity contribution in [2.24, 2.45) is 7.05 Å². The summed E-state index contributed by atoms with van der Waals surface area (Å²) in [5.41, 5.74) is 1.23. The fourth-order valence-corrected chi connectivity index (χ4v) is 3.57. The summed E-state index contributed by atoms with van der Waals surface area (Å²) in [6.07, 6.45) is 0. The van der Waals surface area contributed by atoms with Gasteiger partial charge in [0.25, 0.3) is 10.9 Å². The molecule has 0 aliphatic carbocycles. The van der Waals surface area contributed by atoms with Crippen LogP contribution >= 0.6 is 11.6 Å². The molecule has 1 aliphatic rings. The Morgan fingerprint density at radius 3 is 2.54 bits per heavy atom. The van der Waals surface area contributed by atoms with Gasteiger partial charge in [0.2, 0.25) is 0 Å². The van der Waals surface area contributed by atoms with E-state index in [1.807, 2.05) is 0 Å². The van der Waals surface area contributed by atoms with Gasteiger partial charge in [-0.3, -0.25) is 14.5 Å². The summed E-state index contributed by atoms with van der Waals surface area (Å²) < 4.78 is 7.46. The number of hydrogen-bond acceptors (Lipinski definition) is 8. The van der Waals surface area contributed by atoms with Crippen molar-refractivity contribution in [3.63, 3.8) is 0 Å². The van der Waals surface area contributed by atoms with Crippen LogP contribution in [-0.4, -0.2) is 38.3 Å². The van der Waals surface area contributed by atoms with Crippen LogP contribution < -0.4 is 26.6 Å². The van der Waals surface area contributed by atoms with E-state index in [4.69, 9.17) is 16.3 Å². The lowest BCUT2D eigenvalue weighted by atomic mass is 10.1. The van der Waals surface area contributed by atoms with Crippen molar-refractivity contribution in [1.82, 2.24) is 24.7 Å². The van der Waals surface area contributed by atoms with E-state index >= 15 is 0 Å². The van der Waals surface area contributed by atoms with Crippen molar-refractivity contribution in [2.45, 2.75) is 19.6 Å². The fraction of sp³-hybridized carbons (Fsp3) is 0.353. The molecule has 0 radical (unpaired) electrons. The molecule has 4 rings (SSSR count). The van der Waals surface area contributed by atoms with Gasteiger partial charge in [-0.25, -0.2) is 4.79 Å². The molecule has 1 N–H and O–H groups in total. The first-order chi connectivity index (χ1) is 13.4. The third kappa shape index (κ3) is 2.90. The number of aryl methyl sites for hydroxylation is 1. The summed E-state index contributed by atoms with van der Waals surface area (Å²) in [6, 6.07) is 3.52. The number of tetrazole rings is 1. The molecule has 1 aliphatic heterocycles. The van der Waals surface area contributed by atoms with Crippen LogP contribution in [0.2, 0.25) is 5.02 Å². The van der Waals surface area contributed by atoms with Crippen molar-refractivity contribution in [3.8, 4) is 5.75 Å². The molecule has 0 amide bonds. The zero-order valence-corrected chi connectivity index (χ0v) is 16.0. The normalized spacial score (nSPS) is 13.8. The Kier molecular flexibility index (Phi) is 4.52. The highest BCUT2D eigenvalue weighted by molar-refractivity contribution is 6.31. The van der Waals surface area contributed by atoms with E-state index in [1.165, 1.54) is 16.5 Å². The molecule has 2 aromatic carbocycles. The molecule has 0 unspecified atom stereocenters. The molecule has 0 fully saturated rings. The molecule has 0 saturated heterocycles.